The van der Waals surface area contributed by atoms with Crippen molar-refractivity contribution in [1.82, 2.24) is 66.1 Å². The number of methoxy groups -OCH3 is 1. The molecule has 12 N–H and O–H groups in total. The number of nitrogens with zero attached hydrogens (tertiary/aromatic N) is 8. The van der Waals surface area contributed by atoms with Gasteiger partial charge < -0.3 is 91.3 Å². The summed E-state index contributed by atoms with van der Waals surface area (Å²) in [4.78, 5) is 156. The molecule has 4 aliphatic rings. The molecular formula is C64H66N14O20S6. The van der Waals surface area contributed by atoms with E-state index in [1.54, 1.807) is 45.0 Å². The van der Waals surface area contributed by atoms with Crippen molar-refractivity contribution in [2.45, 2.75) is 120 Å². The Labute approximate surface area is 613 Å². The summed E-state index contributed by atoms with van der Waals surface area (Å²) in [6.45, 7) is 4.16. The van der Waals surface area contributed by atoms with Gasteiger partial charge in [0, 0.05) is 61.3 Å². The molecule has 0 aliphatic carbocycles. The lowest BCUT2D eigenvalue weighted by Crippen LogP contribution is -2.62. The van der Waals surface area contributed by atoms with Crippen LogP contribution in [0.2, 0.25) is 0 Å². The van der Waals surface area contributed by atoms with Crippen LogP contribution in [0.15, 0.2) is 56.9 Å². The number of thioether (sulfide) groups is 1. The van der Waals surface area contributed by atoms with Gasteiger partial charge in [-0.15, -0.1) is 56.7 Å². The number of cyclic esters (lactones) is 2. The number of nitrogens with one attached hydrogen (secondary N) is 5. The van der Waals surface area contributed by atoms with Gasteiger partial charge in [0.2, 0.25) is 11.8 Å². The van der Waals surface area contributed by atoms with Gasteiger partial charge in [-0.05, 0) is 59.5 Å². The summed E-state index contributed by atoms with van der Waals surface area (Å²) in [6.07, 6.45) is -7.84. The van der Waals surface area contributed by atoms with E-state index in [0.29, 0.717) is 4.73 Å². The number of aliphatic hydroxyl groups is 2. The Kier molecular flexibility index (Phi) is 21.9. The Hall–Kier alpha value is -9.46. The highest BCUT2D eigenvalue weighted by atomic mass is 32.2. The van der Waals surface area contributed by atoms with Crippen LogP contribution in [0.1, 0.15) is 131 Å². The fourth-order valence-electron chi connectivity index (χ4n) is 12.3. The number of carbonyl (C=O) groups is 9. The fourth-order valence-corrected chi connectivity index (χ4v) is 17.4. The summed E-state index contributed by atoms with van der Waals surface area (Å²) in [5.41, 5.74) is 2.52. The minimum Gasteiger partial charge on any atom is -0.506 e. The molecule has 11 atom stereocenters. The number of esters is 2. The third-order valence-corrected chi connectivity index (χ3v) is 22.7. The number of allylic oxidation sites excluding steroid dienone is 1. The quantitative estimate of drug-likeness (QED) is 0.0318. The normalized spacial score (nSPS) is 23.6. The topological polar surface area (TPSA) is 482 Å². The molecule has 8 aromatic rings. The molecule has 0 saturated carbocycles. The number of rotatable bonds is 14. The number of aromatic hydroxyl groups is 1. The molecule has 1 fully saturated rings. The molecule has 11 heterocycles. The smallest absolute Gasteiger partial charge is 0.358 e. The number of amides is 6. The van der Waals surface area contributed by atoms with Gasteiger partial charge >= 0.3 is 17.9 Å². The number of carbonyl (C=O) groups excluding carboxylic acids is 8. The van der Waals surface area contributed by atoms with Crippen LogP contribution in [0.4, 0.5) is 0 Å². The second-order valence-electron chi connectivity index (χ2n) is 24.7. The number of hydrogen-bond acceptors (Lipinski definition) is 32. The van der Waals surface area contributed by atoms with E-state index in [9.17, 15) is 44.5 Å². The molecule has 1 aromatic carbocycles. The van der Waals surface area contributed by atoms with E-state index in [0.717, 1.165) is 68.4 Å². The summed E-state index contributed by atoms with van der Waals surface area (Å²) in [7, 11) is 4.82. The molecule has 34 nitrogen and oxygen atoms in total. The molecule has 104 heavy (non-hydrogen) atoms. The number of likely N-dealkylation sites (N-methyl/N-ethyl adjacent to an activating group) is 1. The van der Waals surface area contributed by atoms with Gasteiger partial charge in [0.25, 0.3) is 23.6 Å². The molecule has 7 aromatic heterocycles. The van der Waals surface area contributed by atoms with Gasteiger partial charge in [0.15, 0.2) is 18.1 Å². The SMILES string of the molecule is COC(C)=C1NC(=O)C(C(C)O)NC(=O)c2csc(n2)-c2cc(O)c(-c3nc(C(=O)NC(CSCCC(=O)O)C(N)=O)cs3)nc2-c2csc(n2)C2COC(=O)c3c4c5c(cccc5n3O)COC(=O)C(OC3CC(C)(O)C(N(C)C)C(C)O3)C(OC4)C(NC(=O)c3csc1n3)c1nc(cs1)C(=O)N2. The number of carboxylic acids is 1. The van der Waals surface area contributed by atoms with Crippen molar-refractivity contribution in [3.05, 3.63) is 112 Å². The number of pyridine rings is 1. The van der Waals surface area contributed by atoms with Crippen molar-refractivity contribution in [2.24, 2.45) is 5.73 Å². The zero-order valence-corrected chi connectivity index (χ0v) is 60.8. The van der Waals surface area contributed by atoms with Crippen molar-refractivity contribution in [3.8, 4) is 38.4 Å². The van der Waals surface area contributed by atoms with E-state index in [2.05, 4.69) is 41.5 Å². The minimum absolute atomic E-state index is 0.00214. The van der Waals surface area contributed by atoms with Crippen molar-refractivity contribution in [2.75, 3.05) is 39.3 Å². The Balaban J connectivity index is 1.01. The molecule has 6 amide bonds. The molecule has 0 spiro atoms. The second-order valence-corrected chi connectivity index (χ2v) is 30.2. The van der Waals surface area contributed by atoms with Crippen LogP contribution < -0.4 is 32.3 Å². The molecular weight excluding hydrogens is 1480 g/mol. The zero-order valence-electron chi connectivity index (χ0n) is 55.9. The third-order valence-electron chi connectivity index (χ3n) is 17.1. The predicted molar refractivity (Wildman–Crippen MR) is 374 cm³/mol. The van der Waals surface area contributed by atoms with Crippen molar-refractivity contribution in [3.63, 3.8) is 0 Å². The van der Waals surface area contributed by atoms with Crippen LogP contribution in [0.3, 0.4) is 0 Å². The van der Waals surface area contributed by atoms with Gasteiger partial charge in [-0.1, -0.05) is 12.1 Å². The largest absolute Gasteiger partial charge is 0.506 e. The summed E-state index contributed by atoms with van der Waals surface area (Å²) in [6, 6.07) is -0.703. The Morgan fingerprint density at radius 3 is 2.25 bits per heavy atom. The first-order valence-corrected chi connectivity index (χ1v) is 37.2. The summed E-state index contributed by atoms with van der Waals surface area (Å²) in [5.74, 6) is -9.27. The zero-order chi connectivity index (χ0) is 74.3. The Bertz CT molecular complexity index is 4750. The summed E-state index contributed by atoms with van der Waals surface area (Å²) >= 11 is 5.47. The van der Waals surface area contributed by atoms with Gasteiger partial charge in [0.05, 0.1) is 49.5 Å². The fraction of sp³-hybridized carbons (Fsp3) is 0.391. The number of benzene rings is 1. The minimum atomic E-state index is -1.93. The molecule has 12 bridgehead atoms. The molecule has 4 aliphatic heterocycles. The highest BCUT2D eigenvalue weighted by Crippen LogP contribution is 2.43. The third kappa shape index (κ3) is 15.4. The number of aromatic nitrogens is 7. The maximum Gasteiger partial charge on any atom is 0.358 e. The van der Waals surface area contributed by atoms with E-state index >= 15 is 19.2 Å². The maximum absolute atomic E-state index is 15.2. The van der Waals surface area contributed by atoms with E-state index in [1.807, 2.05) is 0 Å². The number of aliphatic hydroxyl groups excluding tert-OH is 1. The van der Waals surface area contributed by atoms with Crippen molar-refractivity contribution in [1.29, 1.82) is 0 Å². The number of primary amides is 1. The first-order valence-electron chi connectivity index (χ1n) is 31.7. The molecule has 0 radical (unpaired) electrons. The van der Waals surface area contributed by atoms with E-state index in [4.69, 9.17) is 54.2 Å². The lowest BCUT2D eigenvalue weighted by molar-refractivity contribution is -0.280. The second kappa shape index (κ2) is 30.7. The molecule has 548 valence electrons. The van der Waals surface area contributed by atoms with Gasteiger partial charge in [0.1, 0.15) is 126 Å². The van der Waals surface area contributed by atoms with Crippen LogP contribution in [0.5, 0.6) is 5.75 Å². The highest BCUT2D eigenvalue weighted by molar-refractivity contribution is 7.99. The lowest BCUT2D eigenvalue weighted by Gasteiger charge is -2.48. The van der Waals surface area contributed by atoms with E-state index in [-0.39, 0.29) is 128 Å². The van der Waals surface area contributed by atoms with Crippen molar-refractivity contribution < 1.29 is 97.2 Å². The number of aliphatic carboxylic acids is 1. The Morgan fingerprint density at radius 1 is 0.865 bits per heavy atom. The Morgan fingerprint density at radius 2 is 1.54 bits per heavy atom. The highest BCUT2D eigenvalue weighted by Gasteiger charge is 2.50. The number of carboxylic acid groups (broad SMARTS) is 1. The van der Waals surface area contributed by atoms with Crippen LogP contribution in [0, 0.1) is 0 Å². The standard InChI is InChI=1S/C64H66N14O20S6/c1-24(79)42-56(88)75-43(25(2)93-7)59-70-36(23-102-59)55(87)76-46-48-49(98-40-14-64(4,91)50(77(5)6)26(3)97-40)63(90)95-15-27-9-8-10-37-41(27)29(16-94-48)47(78(37)92)62(89)96-17-30(66-52(84)33-22-104-61(46)72-33)58-68-31(19-101-58)44-28(57-69-35(20-100-57)54(86)74-42)13-38(80)45(73-44)60-71-34(21-103-60)53(85)67-32(51(65)83)18-99-12-11-39(81)82/h8-10,13,19-24,26,30,32,40,42,46,48-50,79-80,91-92H,11-12,14-18H2,1-7H3,(H2,65,83)(H,66,84)(H,67,85)(H,74,86)(H,75,88)(H,76,87)(H,81,82). The molecule has 12 rings (SSSR count). The van der Waals surface area contributed by atoms with Crippen LogP contribution in [-0.2, 0) is 60.8 Å². The average molecular weight is 1540 g/mol. The molecule has 40 heteroatoms. The van der Waals surface area contributed by atoms with Gasteiger partial charge in [-0.3, -0.25) is 33.6 Å². The molecule has 11 unspecified atom stereocenters. The first kappa shape index (κ1) is 74.3. The van der Waals surface area contributed by atoms with Crippen LogP contribution in [0.25, 0.3) is 49.3 Å². The number of nitrogens with two attached hydrogens (primary N) is 1. The average Bonchev–Trinajstić information content (AvgIpc) is 1.57. The monoisotopic (exact) mass is 1540 g/mol. The number of thiazole rings is 5. The lowest BCUT2D eigenvalue weighted by atomic mass is 9.85. The first-order chi connectivity index (χ1) is 49.6. The number of ether oxygens (including phenoxy) is 6. The maximum atomic E-state index is 15.2. The summed E-state index contributed by atoms with van der Waals surface area (Å²) < 4.78 is 38.2. The predicted octanol–water partition coefficient (Wildman–Crippen LogP) is 3.95. The van der Waals surface area contributed by atoms with Crippen LogP contribution >= 0.6 is 68.4 Å². The van der Waals surface area contributed by atoms with E-state index in [1.165, 1.54) is 60.0 Å². The number of hydrogen-bond donors (Lipinski definition) is 11. The van der Waals surface area contributed by atoms with Crippen molar-refractivity contribution >= 4 is 138 Å². The summed E-state index contributed by atoms with van der Waals surface area (Å²) in [5, 5.41) is 76.8. The van der Waals surface area contributed by atoms with E-state index < -0.39 is 151 Å². The van der Waals surface area contributed by atoms with Gasteiger partial charge in [-0.2, -0.15) is 16.5 Å². The van der Waals surface area contributed by atoms with Gasteiger partial charge in [-0.25, -0.2) is 39.5 Å². The van der Waals surface area contributed by atoms with Crippen LogP contribution in [-0.4, -0.2) is 212 Å². The molecule has 1 saturated heterocycles. The number of fused-ring (bicyclic) bond motifs is 15.